The number of rotatable bonds is 4. The number of nitrogens with zero attached hydrogens (tertiary/aromatic N) is 4. The summed E-state index contributed by atoms with van der Waals surface area (Å²) >= 11 is 0. The molecule has 9 nitrogen and oxygen atoms in total. The molecule has 4 heterocycles. The van der Waals surface area contributed by atoms with Crippen molar-refractivity contribution in [2.24, 2.45) is 5.92 Å². The van der Waals surface area contributed by atoms with Crippen LogP contribution in [0.1, 0.15) is 39.0 Å². The molecule has 1 fully saturated rings. The highest BCUT2D eigenvalue weighted by Crippen LogP contribution is 2.35. The van der Waals surface area contributed by atoms with E-state index in [0.29, 0.717) is 51.4 Å². The number of carbonyl (C=O) groups excluding carboxylic acids is 2. The highest BCUT2D eigenvalue weighted by molar-refractivity contribution is 6.07. The van der Waals surface area contributed by atoms with Crippen LogP contribution in [-0.2, 0) is 0 Å². The van der Waals surface area contributed by atoms with E-state index < -0.39 is 0 Å². The minimum Gasteiger partial charge on any atom is -0.460 e. The number of nitrogens with one attached hydrogen (secondary N) is 1. The third-order valence-corrected chi connectivity index (χ3v) is 6.53. The SMILES string of the molecule is CNC(=O)c1c(C)oc2cc(Oc3ccnn4cc(C(=O)N5CC(C#N)C5C)c(C)c34)ccc12. The molecule has 0 radical (unpaired) electrons. The van der Waals surface area contributed by atoms with Gasteiger partial charge in [-0.25, -0.2) is 4.52 Å². The third kappa shape index (κ3) is 3.18. The molecule has 5 rings (SSSR count). The number of hydrogen-bond donors (Lipinski definition) is 1. The van der Waals surface area contributed by atoms with Gasteiger partial charge in [0.05, 0.1) is 29.3 Å². The number of fused-ring (bicyclic) bond motifs is 2. The topological polar surface area (TPSA) is 113 Å². The molecular formula is C25H23N5O4. The largest absolute Gasteiger partial charge is 0.460 e. The van der Waals surface area contributed by atoms with Crippen LogP contribution in [0.3, 0.4) is 0 Å². The molecule has 1 aliphatic rings. The van der Waals surface area contributed by atoms with Crippen LogP contribution in [0.5, 0.6) is 11.5 Å². The van der Waals surface area contributed by atoms with E-state index in [9.17, 15) is 9.59 Å². The monoisotopic (exact) mass is 457 g/mol. The van der Waals surface area contributed by atoms with E-state index >= 15 is 0 Å². The zero-order chi connectivity index (χ0) is 24.1. The highest BCUT2D eigenvalue weighted by Gasteiger charge is 2.40. The van der Waals surface area contributed by atoms with Crippen molar-refractivity contribution in [2.75, 3.05) is 13.6 Å². The number of aryl methyl sites for hydroxylation is 2. The van der Waals surface area contributed by atoms with Gasteiger partial charge in [0.1, 0.15) is 22.6 Å². The number of likely N-dealkylation sites (tertiary alicyclic amines) is 1. The van der Waals surface area contributed by atoms with Crippen LogP contribution in [0, 0.1) is 31.1 Å². The summed E-state index contributed by atoms with van der Waals surface area (Å²) in [7, 11) is 1.58. The molecule has 1 N–H and O–H groups in total. The Balaban J connectivity index is 1.49. The van der Waals surface area contributed by atoms with E-state index in [0.717, 1.165) is 5.56 Å². The summed E-state index contributed by atoms with van der Waals surface area (Å²) in [6, 6.07) is 9.15. The third-order valence-electron chi connectivity index (χ3n) is 6.53. The van der Waals surface area contributed by atoms with Gasteiger partial charge in [0.2, 0.25) is 0 Å². The van der Waals surface area contributed by atoms with Gasteiger partial charge in [-0.1, -0.05) is 0 Å². The lowest BCUT2D eigenvalue weighted by atomic mass is 9.90. The first-order valence-corrected chi connectivity index (χ1v) is 10.9. The summed E-state index contributed by atoms with van der Waals surface area (Å²) in [4.78, 5) is 27.0. The zero-order valence-corrected chi connectivity index (χ0v) is 19.2. The van der Waals surface area contributed by atoms with E-state index in [1.54, 1.807) is 60.0 Å². The summed E-state index contributed by atoms with van der Waals surface area (Å²) in [5.74, 6) is 1.12. The second kappa shape index (κ2) is 7.92. The Labute approximate surface area is 195 Å². The van der Waals surface area contributed by atoms with Gasteiger partial charge in [-0.3, -0.25) is 9.59 Å². The van der Waals surface area contributed by atoms with E-state index in [1.807, 2.05) is 13.8 Å². The van der Waals surface area contributed by atoms with E-state index in [4.69, 9.17) is 14.4 Å². The van der Waals surface area contributed by atoms with Crippen molar-refractivity contribution in [2.45, 2.75) is 26.8 Å². The standard InChI is InChI=1S/C25H23N5O4/c1-13-19(25(32)29-11-16(10-26)14(29)2)12-30-23(13)20(7-8-28-30)34-17-5-6-18-21(9-17)33-15(3)22(18)24(31)27-4/h5-9,12,14,16H,11H2,1-4H3,(H,27,31). The maximum absolute atomic E-state index is 13.1. The summed E-state index contributed by atoms with van der Waals surface area (Å²) in [5, 5.41) is 16.8. The average molecular weight is 457 g/mol. The number of furan rings is 1. The smallest absolute Gasteiger partial charge is 0.256 e. The predicted molar refractivity (Wildman–Crippen MR) is 124 cm³/mol. The van der Waals surface area contributed by atoms with Crippen molar-refractivity contribution >= 4 is 28.3 Å². The molecular weight excluding hydrogens is 434 g/mol. The summed E-state index contributed by atoms with van der Waals surface area (Å²) < 4.78 is 13.6. The van der Waals surface area contributed by atoms with Crippen LogP contribution < -0.4 is 10.1 Å². The van der Waals surface area contributed by atoms with Crippen LogP contribution in [0.25, 0.3) is 16.5 Å². The molecule has 2 atom stereocenters. The molecule has 0 aliphatic carbocycles. The fraction of sp³-hybridized carbons (Fsp3) is 0.280. The Morgan fingerprint density at radius 3 is 2.79 bits per heavy atom. The van der Waals surface area contributed by atoms with Gasteiger partial charge in [-0.15, -0.1) is 0 Å². The van der Waals surface area contributed by atoms with Crippen molar-refractivity contribution in [1.29, 1.82) is 5.26 Å². The lowest BCUT2D eigenvalue weighted by Crippen LogP contribution is -2.56. The van der Waals surface area contributed by atoms with Crippen LogP contribution in [0.2, 0.25) is 0 Å². The Bertz CT molecular complexity index is 1510. The van der Waals surface area contributed by atoms with Crippen LogP contribution in [-0.4, -0.2) is 46.0 Å². The molecule has 4 aromatic rings. The summed E-state index contributed by atoms with van der Waals surface area (Å²) in [6.07, 6.45) is 3.30. The van der Waals surface area contributed by atoms with Crippen molar-refractivity contribution in [3.63, 3.8) is 0 Å². The number of aromatic nitrogens is 2. The first kappa shape index (κ1) is 21.5. The second-order valence-corrected chi connectivity index (χ2v) is 8.46. The maximum Gasteiger partial charge on any atom is 0.256 e. The molecule has 172 valence electrons. The summed E-state index contributed by atoms with van der Waals surface area (Å²) in [6.45, 7) is 5.92. The number of carbonyl (C=O) groups is 2. The Morgan fingerprint density at radius 2 is 2.09 bits per heavy atom. The molecule has 2 amide bonds. The number of hydrogen-bond acceptors (Lipinski definition) is 6. The van der Waals surface area contributed by atoms with Crippen LogP contribution >= 0.6 is 0 Å². The van der Waals surface area contributed by atoms with Crippen molar-refractivity contribution in [1.82, 2.24) is 19.8 Å². The Morgan fingerprint density at radius 1 is 1.29 bits per heavy atom. The molecule has 3 aromatic heterocycles. The molecule has 2 unspecified atom stereocenters. The first-order valence-electron chi connectivity index (χ1n) is 10.9. The zero-order valence-electron chi connectivity index (χ0n) is 19.2. The van der Waals surface area contributed by atoms with Gasteiger partial charge in [-0.2, -0.15) is 10.4 Å². The molecule has 0 saturated carbocycles. The average Bonchev–Trinajstić information content (AvgIpc) is 3.34. The quantitative estimate of drug-likeness (QED) is 0.498. The number of benzene rings is 1. The van der Waals surface area contributed by atoms with Gasteiger partial charge >= 0.3 is 0 Å². The van der Waals surface area contributed by atoms with Gasteiger partial charge in [-0.05, 0) is 38.5 Å². The molecule has 0 bridgehead atoms. The van der Waals surface area contributed by atoms with E-state index in [2.05, 4.69) is 16.5 Å². The number of amides is 2. The number of ether oxygens (including phenoxy) is 1. The minimum absolute atomic E-state index is 0.119. The van der Waals surface area contributed by atoms with Crippen molar-refractivity contribution in [3.8, 4) is 17.6 Å². The molecule has 9 heteroatoms. The second-order valence-electron chi connectivity index (χ2n) is 8.46. The minimum atomic E-state index is -0.209. The number of nitriles is 1. The predicted octanol–water partition coefficient (Wildman–Crippen LogP) is 3.83. The van der Waals surface area contributed by atoms with Crippen molar-refractivity contribution in [3.05, 3.63) is 59.1 Å². The van der Waals surface area contributed by atoms with Gasteiger partial charge in [0.25, 0.3) is 11.8 Å². The lowest BCUT2D eigenvalue weighted by Gasteiger charge is -2.42. The molecule has 0 spiro atoms. The summed E-state index contributed by atoms with van der Waals surface area (Å²) in [5.41, 5.74) is 2.99. The van der Waals surface area contributed by atoms with Crippen molar-refractivity contribution < 1.29 is 18.7 Å². The van der Waals surface area contributed by atoms with Gasteiger partial charge in [0.15, 0.2) is 5.75 Å². The first-order chi connectivity index (χ1) is 16.3. The molecule has 1 aromatic carbocycles. The lowest BCUT2D eigenvalue weighted by molar-refractivity contribution is 0.0358. The maximum atomic E-state index is 13.1. The van der Waals surface area contributed by atoms with E-state index in [-0.39, 0.29) is 23.8 Å². The van der Waals surface area contributed by atoms with E-state index in [1.165, 1.54) is 0 Å². The van der Waals surface area contributed by atoms with Gasteiger partial charge < -0.3 is 19.4 Å². The molecule has 1 saturated heterocycles. The van der Waals surface area contributed by atoms with Crippen LogP contribution in [0.4, 0.5) is 0 Å². The highest BCUT2D eigenvalue weighted by atomic mass is 16.5. The van der Waals surface area contributed by atoms with Crippen LogP contribution in [0.15, 0.2) is 41.1 Å². The Kier molecular flexibility index (Phi) is 5.01. The fourth-order valence-corrected chi connectivity index (χ4v) is 4.50. The molecule has 1 aliphatic heterocycles. The normalized spacial score (nSPS) is 17.4. The fourth-order valence-electron chi connectivity index (χ4n) is 4.50. The van der Waals surface area contributed by atoms with Gasteiger partial charge in [0, 0.05) is 43.4 Å². The molecule has 34 heavy (non-hydrogen) atoms. The Hall–Kier alpha value is -4.32.